The lowest BCUT2D eigenvalue weighted by molar-refractivity contribution is -0.106. The maximum absolute atomic E-state index is 6.12. The van der Waals surface area contributed by atoms with Crippen molar-refractivity contribution in [3.63, 3.8) is 0 Å². The number of aromatic nitrogens is 2. The van der Waals surface area contributed by atoms with Gasteiger partial charge in [-0.15, -0.1) is 0 Å². The van der Waals surface area contributed by atoms with Crippen LogP contribution in [-0.4, -0.2) is 29.1 Å². The average molecular weight is 276 g/mol. The van der Waals surface area contributed by atoms with Crippen LogP contribution in [0.2, 0.25) is 0 Å². The molecule has 1 aromatic heterocycles. The predicted molar refractivity (Wildman–Crippen MR) is 78.6 cm³/mol. The first-order valence-corrected chi connectivity index (χ1v) is 7.38. The molecular weight excluding hydrogens is 252 g/mol. The highest BCUT2D eigenvalue weighted by Gasteiger charge is 2.45. The number of hydrogen-bond acceptors (Lipinski definition) is 5. The van der Waals surface area contributed by atoms with Gasteiger partial charge in [-0.25, -0.2) is 9.97 Å². The van der Waals surface area contributed by atoms with Gasteiger partial charge in [-0.1, -0.05) is 0 Å². The second kappa shape index (κ2) is 4.40. The average Bonchev–Trinajstić information content (AvgIpc) is 2.56. The molecule has 20 heavy (non-hydrogen) atoms. The van der Waals surface area contributed by atoms with Gasteiger partial charge in [0, 0.05) is 30.9 Å². The van der Waals surface area contributed by atoms with Crippen LogP contribution in [0.15, 0.2) is 6.20 Å². The number of nitrogens with zero attached hydrogens (tertiary/aromatic N) is 3. The first-order valence-electron chi connectivity index (χ1n) is 7.38. The normalized spacial score (nSPS) is 24.8. The van der Waals surface area contributed by atoms with Gasteiger partial charge in [-0.3, -0.25) is 0 Å². The van der Waals surface area contributed by atoms with Crippen LogP contribution in [0, 0.1) is 0 Å². The highest BCUT2D eigenvalue weighted by atomic mass is 16.5. The van der Waals surface area contributed by atoms with Crippen LogP contribution < -0.4 is 10.6 Å². The highest BCUT2D eigenvalue weighted by molar-refractivity contribution is 5.40. The minimum absolute atomic E-state index is 0.318. The molecule has 1 saturated heterocycles. The van der Waals surface area contributed by atoms with Crippen molar-refractivity contribution >= 4 is 5.95 Å². The summed E-state index contributed by atoms with van der Waals surface area (Å²) < 4.78 is 6.12. The quantitative estimate of drug-likeness (QED) is 0.848. The minimum Gasteiger partial charge on any atom is -0.359 e. The Hall–Kier alpha value is -1.20. The third-order valence-electron chi connectivity index (χ3n) is 4.33. The molecule has 0 amide bonds. The van der Waals surface area contributed by atoms with Gasteiger partial charge in [0.25, 0.3) is 0 Å². The lowest BCUT2D eigenvalue weighted by Crippen LogP contribution is -2.40. The Morgan fingerprint density at radius 2 is 1.85 bits per heavy atom. The molecule has 0 unspecified atom stereocenters. The first kappa shape index (κ1) is 13.8. The van der Waals surface area contributed by atoms with Crippen molar-refractivity contribution in [3.8, 4) is 0 Å². The predicted octanol–water partition coefficient (Wildman–Crippen LogP) is 1.90. The summed E-state index contributed by atoms with van der Waals surface area (Å²) in [7, 11) is 0. The van der Waals surface area contributed by atoms with Crippen molar-refractivity contribution in [1.82, 2.24) is 9.97 Å². The van der Waals surface area contributed by atoms with E-state index in [2.05, 4.69) is 37.6 Å². The fraction of sp³-hybridized carbons (Fsp3) is 0.733. The van der Waals surface area contributed by atoms with Crippen LogP contribution in [0.1, 0.15) is 51.8 Å². The van der Waals surface area contributed by atoms with Crippen molar-refractivity contribution in [2.75, 3.05) is 18.0 Å². The van der Waals surface area contributed by atoms with E-state index < -0.39 is 0 Å². The van der Waals surface area contributed by atoms with E-state index in [1.807, 2.05) is 6.20 Å². The Kier molecular flexibility index (Phi) is 3.03. The molecule has 0 spiro atoms. The number of rotatable bonds is 1. The summed E-state index contributed by atoms with van der Waals surface area (Å²) in [6, 6.07) is 0.319. The smallest absolute Gasteiger partial charge is 0.225 e. The molecule has 3 rings (SSSR count). The first-order chi connectivity index (χ1) is 9.29. The molecule has 110 valence electrons. The van der Waals surface area contributed by atoms with Crippen LogP contribution in [0.25, 0.3) is 0 Å². The van der Waals surface area contributed by atoms with Gasteiger partial charge in [0.2, 0.25) is 5.95 Å². The maximum Gasteiger partial charge on any atom is 0.225 e. The van der Waals surface area contributed by atoms with Crippen molar-refractivity contribution in [2.45, 2.75) is 57.8 Å². The van der Waals surface area contributed by atoms with Gasteiger partial charge in [0.1, 0.15) is 5.60 Å². The third kappa shape index (κ3) is 2.19. The van der Waals surface area contributed by atoms with Crippen LogP contribution in [0.3, 0.4) is 0 Å². The minimum atomic E-state index is -0.358. The summed E-state index contributed by atoms with van der Waals surface area (Å²) in [6.07, 6.45) is 3.94. The molecule has 1 fully saturated rings. The monoisotopic (exact) mass is 276 g/mol. The molecule has 5 nitrogen and oxygen atoms in total. The fourth-order valence-electron chi connectivity index (χ4n) is 3.27. The van der Waals surface area contributed by atoms with Crippen LogP contribution in [0.5, 0.6) is 0 Å². The highest BCUT2D eigenvalue weighted by Crippen LogP contribution is 2.45. The molecule has 0 aliphatic carbocycles. The second-order valence-electron chi connectivity index (χ2n) is 6.88. The molecule has 0 saturated carbocycles. The summed E-state index contributed by atoms with van der Waals surface area (Å²) in [5, 5.41) is 0. The number of nitrogens with two attached hydrogens (primary N) is 1. The molecule has 2 N–H and O–H groups in total. The molecular formula is C15H24N4O. The van der Waals surface area contributed by atoms with Gasteiger partial charge in [-0.2, -0.15) is 0 Å². The van der Waals surface area contributed by atoms with Gasteiger partial charge in [-0.05, 0) is 40.5 Å². The number of anilines is 1. The van der Waals surface area contributed by atoms with E-state index >= 15 is 0 Å². The standard InChI is InChI=1S/C15H24N4O/c1-14(2)11-9-17-13(18-12(11)15(3,4)20-14)19-7-5-10(16)6-8-19/h9-10H,5-8,16H2,1-4H3. The van der Waals surface area contributed by atoms with E-state index in [4.69, 9.17) is 15.5 Å². The Balaban J connectivity index is 1.94. The summed E-state index contributed by atoms with van der Waals surface area (Å²) in [5.74, 6) is 0.810. The van der Waals surface area contributed by atoms with E-state index in [0.29, 0.717) is 6.04 Å². The molecule has 2 aliphatic rings. The Bertz CT molecular complexity index is 519. The van der Waals surface area contributed by atoms with E-state index in [9.17, 15) is 0 Å². The number of hydrogen-bond donors (Lipinski definition) is 1. The van der Waals surface area contributed by atoms with Crippen molar-refractivity contribution in [1.29, 1.82) is 0 Å². The lowest BCUT2D eigenvalue weighted by Gasteiger charge is -2.30. The van der Waals surface area contributed by atoms with Crippen molar-refractivity contribution < 1.29 is 4.74 Å². The zero-order valence-electron chi connectivity index (χ0n) is 12.8. The number of piperidine rings is 1. The Labute approximate surface area is 120 Å². The molecule has 0 bridgehead atoms. The van der Waals surface area contributed by atoms with Crippen LogP contribution in [0.4, 0.5) is 5.95 Å². The molecule has 3 heterocycles. The summed E-state index contributed by atoms with van der Waals surface area (Å²) in [4.78, 5) is 11.6. The van der Waals surface area contributed by atoms with Crippen molar-refractivity contribution in [3.05, 3.63) is 17.5 Å². The van der Waals surface area contributed by atoms with Gasteiger partial charge >= 0.3 is 0 Å². The second-order valence-corrected chi connectivity index (χ2v) is 6.88. The van der Waals surface area contributed by atoms with Gasteiger partial charge in [0.05, 0.1) is 11.3 Å². The fourth-order valence-corrected chi connectivity index (χ4v) is 3.27. The topological polar surface area (TPSA) is 64.3 Å². The van der Waals surface area contributed by atoms with Crippen LogP contribution >= 0.6 is 0 Å². The molecule has 2 aliphatic heterocycles. The molecule has 0 radical (unpaired) electrons. The molecule has 0 aromatic carbocycles. The molecule has 0 atom stereocenters. The van der Waals surface area contributed by atoms with Crippen molar-refractivity contribution in [2.24, 2.45) is 5.73 Å². The summed E-state index contributed by atoms with van der Waals surface area (Å²) in [5.41, 5.74) is 7.39. The lowest BCUT2D eigenvalue weighted by atomic mass is 9.97. The van der Waals surface area contributed by atoms with Gasteiger partial charge < -0.3 is 15.4 Å². The summed E-state index contributed by atoms with van der Waals surface area (Å²) in [6.45, 7) is 10.2. The van der Waals surface area contributed by atoms with E-state index in [1.165, 1.54) is 0 Å². The van der Waals surface area contributed by atoms with Gasteiger partial charge in [0.15, 0.2) is 0 Å². The number of ether oxygens (including phenoxy) is 1. The van der Waals surface area contributed by atoms with E-state index in [0.717, 1.165) is 43.1 Å². The third-order valence-corrected chi connectivity index (χ3v) is 4.33. The number of fused-ring (bicyclic) bond motifs is 1. The summed E-state index contributed by atoms with van der Waals surface area (Å²) >= 11 is 0. The Morgan fingerprint density at radius 1 is 1.20 bits per heavy atom. The maximum atomic E-state index is 6.12. The Morgan fingerprint density at radius 3 is 2.50 bits per heavy atom. The van der Waals surface area contributed by atoms with E-state index in [-0.39, 0.29) is 11.2 Å². The van der Waals surface area contributed by atoms with Crippen LogP contribution in [-0.2, 0) is 15.9 Å². The molecule has 1 aromatic rings. The largest absolute Gasteiger partial charge is 0.359 e. The van der Waals surface area contributed by atoms with E-state index in [1.54, 1.807) is 0 Å². The SMILES string of the molecule is CC1(C)OC(C)(C)c2nc(N3CCC(N)CC3)ncc21. The molecule has 5 heteroatoms. The zero-order chi connectivity index (χ0) is 14.5. The zero-order valence-corrected chi connectivity index (χ0v) is 12.8.